The second-order valence-corrected chi connectivity index (χ2v) is 3.34. The summed E-state index contributed by atoms with van der Waals surface area (Å²) in [5, 5.41) is 0. The highest BCUT2D eigenvalue weighted by atomic mass is 16.5. The zero-order valence-corrected chi connectivity index (χ0v) is 6.52. The van der Waals surface area contributed by atoms with E-state index in [0.29, 0.717) is 0 Å². The fourth-order valence-corrected chi connectivity index (χ4v) is 2.01. The standard InChI is InChI=1S/C9H14O/c1-7-3-2-4-9-8(7)5-6-10-9/h7H,2-6H2,1H3/t7-/m1/s1. The molecule has 0 saturated carbocycles. The summed E-state index contributed by atoms with van der Waals surface area (Å²) in [4.78, 5) is 0. The van der Waals surface area contributed by atoms with Crippen molar-refractivity contribution in [2.75, 3.05) is 6.61 Å². The second kappa shape index (κ2) is 2.30. The highest BCUT2D eigenvalue weighted by Crippen LogP contribution is 2.36. The van der Waals surface area contributed by atoms with E-state index in [2.05, 4.69) is 6.92 Å². The van der Waals surface area contributed by atoms with Crippen LogP contribution in [0.15, 0.2) is 11.3 Å². The van der Waals surface area contributed by atoms with Gasteiger partial charge in [0.1, 0.15) is 0 Å². The minimum atomic E-state index is 0.811. The molecular formula is C9H14O. The van der Waals surface area contributed by atoms with E-state index >= 15 is 0 Å². The zero-order chi connectivity index (χ0) is 6.97. The smallest absolute Gasteiger partial charge is 0.0955 e. The summed E-state index contributed by atoms with van der Waals surface area (Å²) in [6, 6.07) is 0. The Balaban J connectivity index is 2.22. The van der Waals surface area contributed by atoms with Gasteiger partial charge in [0.25, 0.3) is 0 Å². The average molecular weight is 138 g/mol. The third kappa shape index (κ3) is 0.845. The van der Waals surface area contributed by atoms with Crippen molar-refractivity contribution in [3.63, 3.8) is 0 Å². The topological polar surface area (TPSA) is 9.23 Å². The maximum atomic E-state index is 5.51. The Hall–Kier alpha value is -0.460. The Kier molecular flexibility index (Phi) is 1.44. The lowest BCUT2D eigenvalue weighted by molar-refractivity contribution is 0.229. The lowest BCUT2D eigenvalue weighted by atomic mass is 9.87. The summed E-state index contributed by atoms with van der Waals surface area (Å²) in [6.45, 7) is 3.28. The fourth-order valence-electron chi connectivity index (χ4n) is 2.01. The largest absolute Gasteiger partial charge is 0.498 e. The Bertz CT molecular complexity index is 170. The molecule has 2 rings (SSSR count). The first-order valence-electron chi connectivity index (χ1n) is 4.22. The summed E-state index contributed by atoms with van der Waals surface area (Å²) in [6.07, 6.45) is 5.12. The molecule has 0 aromatic rings. The van der Waals surface area contributed by atoms with E-state index in [0.717, 1.165) is 12.5 Å². The van der Waals surface area contributed by atoms with Crippen molar-refractivity contribution in [2.45, 2.75) is 32.6 Å². The van der Waals surface area contributed by atoms with Crippen molar-refractivity contribution >= 4 is 0 Å². The molecule has 0 N–H and O–H groups in total. The molecule has 1 aliphatic carbocycles. The quantitative estimate of drug-likeness (QED) is 0.499. The molecule has 0 spiro atoms. The Morgan fingerprint density at radius 1 is 1.40 bits per heavy atom. The third-order valence-corrected chi connectivity index (χ3v) is 2.64. The first kappa shape index (κ1) is 6.26. The highest BCUT2D eigenvalue weighted by Gasteiger charge is 2.24. The van der Waals surface area contributed by atoms with Crippen LogP contribution < -0.4 is 0 Å². The van der Waals surface area contributed by atoms with Crippen molar-refractivity contribution in [1.29, 1.82) is 0 Å². The summed E-state index contributed by atoms with van der Waals surface area (Å²) in [5.41, 5.74) is 1.62. The van der Waals surface area contributed by atoms with Crippen LogP contribution in [0.5, 0.6) is 0 Å². The van der Waals surface area contributed by atoms with Crippen molar-refractivity contribution in [1.82, 2.24) is 0 Å². The SMILES string of the molecule is C[C@@H]1CCCC2=C1CCO2. The molecule has 0 amide bonds. The molecule has 2 aliphatic rings. The molecule has 0 saturated heterocycles. The van der Waals surface area contributed by atoms with Crippen molar-refractivity contribution < 1.29 is 4.74 Å². The van der Waals surface area contributed by atoms with E-state index in [1.165, 1.54) is 31.4 Å². The Morgan fingerprint density at radius 2 is 2.30 bits per heavy atom. The van der Waals surface area contributed by atoms with Crippen LogP contribution in [0.3, 0.4) is 0 Å². The van der Waals surface area contributed by atoms with Gasteiger partial charge in [-0.05, 0) is 24.3 Å². The minimum absolute atomic E-state index is 0.811. The predicted octanol–water partition coefficient (Wildman–Crippen LogP) is 2.48. The molecule has 0 aromatic heterocycles. The molecule has 0 unspecified atom stereocenters. The van der Waals surface area contributed by atoms with Crippen LogP contribution in [-0.2, 0) is 4.74 Å². The normalized spacial score (nSPS) is 31.9. The number of hydrogen-bond acceptors (Lipinski definition) is 1. The molecule has 0 bridgehead atoms. The summed E-state index contributed by atoms with van der Waals surface area (Å²) in [5.74, 6) is 2.14. The van der Waals surface area contributed by atoms with Crippen LogP contribution in [0, 0.1) is 5.92 Å². The molecule has 0 radical (unpaired) electrons. The summed E-state index contributed by atoms with van der Waals surface area (Å²) >= 11 is 0. The molecular weight excluding hydrogens is 124 g/mol. The van der Waals surface area contributed by atoms with E-state index in [1.54, 1.807) is 5.57 Å². The summed E-state index contributed by atoms with van der Waals surface area (Å²) in [7, 11) is 0. The average Bonchev–Trinajstić information content (AvgIpc) is 2.36. The van der Waals surface area contributed by atoms with Gasteiger partial charge < -0.3 is 4.74 Å². The van der Waals surface area contributed by atoms with Crippen LogP contribution in [0.4, 0.5) is 0 Å². The zero-order valence-electron chi connectivity index (χ0n) is 6.52. The van der Waals surface area contributed by atoms with Crippen LogP contribution in [0.1, 0.15) is 32.6 Å². The van der Waals surface area contributed by atoms with Gasteiger partial charge in [-0.25, -0.2) is 0 Å². The van der Waals surface area contributed by atoms with Gasteiger partial charge in [-0.1, -0.05) is 6.92 Å². The molecule has 1 nitrogen and oxygen atoms in total. The number of ether oxygens (including phenoxy) is 1. The van der Waals surface area contributed by atoms with Crippen molar-refractivity contribution in [3.05, 3.63) is 11.3 Å². The maximum Gasteiger partial charge on any atom is 0.0955 e. The van der Waals surface area contributed by atoms with Crippen molar-refractivity contribution in [2.24, 2.45) is 5.92 Å². The Labute approximate surface area is 62.1 Å². The van der Waals surface area contributed by atoms with Gasteiger partial charge in [-0.15, -0.1) is 0 Å². The first-order valence-corrected chi connectivity index (χ1v) is 4.22. The minimum Gasteiger partial charge on any atom is -0.498 e. The molecule has 1 heteroatoms. The van der Waals surface area contributed by atoms with Gasteiger partial charge in [0.05, 0.1) is 12.4 Å². The van der Waals surface area contributed by atoms with E-state index in [4.69, 9.17) is 4.74 Å². The monoisotopic (exact) mass is 138 g/mol. The van der Waals surface area contributed by atoms with E-state index in [1.807, 2.05) is 0 Å². The predicted molar refractivity (Wildman–Crippen MR) is 40.6 cm³/mol. The van der Waals surface area contributed by atoms with Gasteiger partial charge in [0.15, 0.2) is 0 Å². The van der Waals surface area contributed by atoms with Gasteiger partial charge in [0, 0.05) is 12.8 Å². The highest BCUT2D eigenvalue weighted by molar-refractivity contribution is 5.18. The summed E-state index contributed by atoms with van der Waals surface area (Å²) < 4.78 is 5.51. The Morgan fingerprint density at radius 3 is 3.10 bits per heavy atom. The third-order valence-electron chi connectivity index (χ3n) is 2.64. The van der Waals surface area contributed by atoms with Crippen LogP contribution in [-0.4, -0.2) is 6.61 Å². The number of allylic oxidation sites excluding steroid dienone is 1. The first-order chi connectivity index (χ1) is 4.88. The molecule has 1 aliphatic heterocycles. The molecule has 56 valence electrons. The van der Waals surface area contributed by atoms with E-state index in [9.17, 15) is 0 Å². The lowest BCUT2D eigenvalue weighted by Gasteiger charge is -2.18. The molecule has 10 heavy (non-hydrogen) atoms. The number of rotatable bonds is 0. The van der Waals surface area contributed by atoms with Gasteiger partial charge >= 0.3 is 0 Å². The van der Waals surface area contributed by atoms with Gasteiger partial charge in [0.2, 0.25) is 0 Å². The maximum absolute atomic E-state index is 5.51. The van der Waals surface area contributed by atoms with Crippen LogP contribution in [0.2, 0.25) is 0 Å². The van der Waals surface area contributed by atoms with E-state index in [-0.39, 0.29) is 0 Å². The van der Waals surface area contributed by atoms with Gasteiger partial charge in [-0.2, -0.15) is 0 Å². The van der Waals surface area contributed by atoms with Crippen LogP contribution in [0.25, 0.3) is 0 Å². The second-order valence-electron chi connectivity index (χ2n) is 3.34. The molecule has 0 aromatic carbocycles. The fraction of sp³-hybridized carbons (Fsp3) is 0.778. The molecule has 0 fully saturated rings. The number of hydrogen-bond donors (Lipinski definition) is 0. The van der Waals surface area contributed by atoms with Gasteiger partial charge in [-0.3, -0.25) is 0 Å². The van der Waals surface area contributed by atoms with Crippen molar-refractivity contribution in [3.8, 4) is 0 Å². The molecule has 1 heterocycles. The van der Waals surface area contributed by atoms with Crippen LogP contribution >= 0.6 is 0 Å². The molecule has 1 atom stereocenters. The lowest BCUT2D eigenvalue weighted by Crippen LogP contribution is -2.05. The van der Waals surface area contributed by atoms with E-state index < -0.39 is 0 Å².